The van der Waals surface area contributed by atoms with Gasteiger partial charge in [0.2, 0.25) is 5.76 Å². The highest BCUT2D eigenvalue weighted by molar-refractivity contribution is 6.31. The van der Waals surface area contributed by atoms with Gasteiger partial charge in [-0.1, -0.05) is 42.3 Å². The fraction of sp³-hybridized carbons (Fsp3) is 0.241. The third kappa shape index (κ3) is 4.11. The Morgan fingerprint density at radius 1 is 0.972 bits per heavy atom. The van der Waals surface area contributed by atoms with E-state index in [1.807, 2.05) is 45.0 Å². The van der Waals surface area contributed by atoms with Crippen LogP contribution >= 0.6 is 11.6 Å². The predicted molar refractivity (Wildman–Crippen MR) is 141 cm³/mol. The number of anilines is 1. The molecule has 2 heterocycles. The minimum Gasteiger partial charge on any atom is -0.490 e. The Morgan fingerprint density at radius 2 is 1.81 bits per heavy atom. The number of hydrogen-bond donors (Lipinski definition) is 0. The molecule has 0 fully saturated rings. The molecule has 1 aliphatic heterocycles. The highest BCUT2D eigenvalue weighted by atomic mass is 35.5. The third-order valence-corrected chi connectivity index (χ3v) is 6.39. The summed E-state index contributed by atoms with van der Waals surface area (Å²) in [6.07, 6.45) is 0.855. The van der Waals surface area contributed by atoms with Crippen LogP contribution in [0.15, 0.2) is 69.9 Å². The number of amides is 1. The molecule has 7 heteroatoms. The van der Waals surface area contributed by atoms with E-state index in [1.165, 1.54) is 0 Å². The number of aryl methyl sites for hydroxylation is 1. The molecule has 36 heavy (non-hydrogen) atoms. The Kier molecular flexibility index (Phi) is 6.46. The summed E-state index contributed by atoms with van der Waals surface area (Å²) in [6.45, 7) is 6.83. The lowest BCUT2D eigenvalue weighted by Gasteiger charge is -2.26. The number of carbonyl (C=O) groups excluding carboxylic acids is 1. The van der Waals surface area contributed by atoms with Crippen molar-refractivity contribution in [2.45, 2.75) is 33.2 Å². The molecule has 0 aliphatic carbocycles. The molecule has 0 saturated carbocycles. The van der Waals surface area contributed by atoms with Crippen molar-refractivity contribution in [2.75, 3.05) is 18.1 Å². The first kappa shape index (κ1) is 23.9. The van der Waals surface area contributed by atoms with E-state index in [-0.39, 0.29) is 11.2 Å². The summed E-state index contributed by atoms with van der Waals surface area (Å²) < 4.78 is 17.8. The lowest BCUT2D eigenvalue weighted by Crippen LogP contribution is -2.29. The maximum Gasteiger partial charge on any atom is 0.295 e. The SMILES string of the molecule is CCCOc1ccc(C2c3c(oc4ccc(C)cc4c3=O)C(=O)N2c2cccc(Cl)c2)cc1OCC. The van der Waals surface area contributed by atoms with E-state index in [9.17, 15) is 9.59 Å². The van der Waals surface area contributed by atoms with Gasteiger partial charge in [0, 0.05) is 10.7 Å². The van der Waals surface area contributed by atoms with Gasteiger partial charge in [-0.25, -0.2) is 0 Å². The molecule has 3 aromatic carbocycles. The number of benzene rings is 3. The van der Waals surface area contributed by atoms with Crippen LogP contribution in [0.25, 0.3) is 11.0 Å². The zero-order chi connectivity index (χ0) is 25.4. The van der Waals surface area contributed by atoms with Crippen LogP contribution in [0.4, 0.5) is 5.69 Å². The van der Waals surface area contributed by atoms with Crippen LogP contribution < -0.4 is 19.8 Å². The first-order chi connectivity index (χ1) is 17.4. The van der Waals surface area contributed by atoms with Crippen molar-refractivity contribution in [3.63, 3.8) is 0 Å². The van der Waals surface area contributed by atoms with Crippen molar-refractivity contribution in [2.24, 2.45) is 0 Å². The van der Waals surface area contributed by atoms with E-state index >= 15 is 0 Å². The van der Waals surface area contributed by atoms with Crippen molar-refractivity contribution in [1.82, 2.24) is 0 Å². The van der Waals surface area contributed by atoms with E-state index in [0.717, 1.165) is 12.0 Å². The number of carbonyl (C=O) groups is 1. The summed E-state index contributed by atoms with van der Waals surface area (Å²) >= 11 is 6.29. The Morgan fingerprint density at radius 3 is 2.56 bits per heavy atom. The molecule has 6 nitrogen and oxygen atoms in total. The largest absolute Gasteiger partial charge is 0.490 e. The van der Waals surface area contributed by atoms with Crippen molar-refractivity contribution in [1.29, 1.82) is 0 Å². The predicted octanol–water partition coefficient (Wildman–Crippen LogP) is 6.69. The summed E-state index contributed by atoms with van der Waals surface area (Å²) in [6, 6.07) is 17.2. The molecule has 1 aliphatic rings. The molecule has 1 aromatic heterocycles. The fourth-order valence-corrected chi connectivity index (χ4v) is 4.77. The highest BCUT2D eigenvalue weighted by Crippen LogP contribution is 2.43. The standard InChI is InChI=1S/C29H26ClNO5/c1-4-13-35-23-12-10-18(15-24(23)34-5-2)26-25-27(32)21-14-17(3)9-11-22(21)36-28(25)29(33)31(26)20-8-6-7-19(30)16-20/h6-12,14-16,26H,4-5,13H2,1-3H3. The van der Waals surface area contributed by atoms with Crippen molar-refractivity contribution < 1.29 is 18.7 Å². The van der Waals surface area contributed by atoms with Crippen LogP contribution in [-0.4, -0.2) is 19.1 Å². The zero-order valence-electron chi connectivity index (χ0n) is 20.3. The molecule has 0 N–H and O–H groups in total. The summed E-state index contributed by atoms with van der Waals surface area (Å²) in [4.78, 5) is 29.2. The van der Waals surface area contributed by atoms with Gasteiger partial charge < -0.3 is 13.9 Å². The van der Waals surface area contributed by atoms with Crippen molar-refractivity contribution >= 4 is 34.2 Å². The Balaban J connectivity index is 1.76. The molecule has 1 unspecified atom stereocenters. The number of halogens is 1. The molecular formula is C29H26ClNO5. The molecule has 4 aromatic rings. The van der Waals surface area contributed by atoms with Crippen LogP contribution in [0.5, 0.6) is 11.5 Å². The second-order valence-corrected chi connectivity index (χ2v) is 9.16. The van der Waals surface area contributed by atoms with Gasteiger partial charge in [-0.05, 0) is 68.3 Å². The Bertz CT molecular complexity index is 1530. The molecule has 0 bridgehead atoms. The summed E-state index contributed by atoms with van der Waals surface area (Å²) in [5, 5.41) is 0.917. The quantitative estimate of drug-likeness (QED) is 0.281. The highest BCUT2D eigenvalue weighted by Gasteiger charge is 2.44. The maximum absolute atomic E-state index is 13.8. The van der Waals surface area contributed by atoms with Gasteiger partial charge in [-0.3, -0.25) is 14.5 Å². The Hall–Kier alpha value is -3.77. The van der Waals surface area contributed by atoms with Gasteiger partial charge in [0.05, 0.1) is 30.2 Å². The lowest BCUT2D eigenvalue weighted by atomic mass is 9.97. The van der Waals surface area contributed by atoms with Crippen LogP contribution in [0.3, 0.4) is 0 Å². The average molecular weight is 504 g/mol. The van der Waals surface area contributed by atoms with E-state index in [2.05, 4.69) is 0 Å². The number of fused-ring (bicyclic) bond motifs is 2. The summed E-state index contributed by atoms with van der Waals surface area (Å²) in [7, 11) is 0. The Labute approximate surface area is 214 Å². The number of rotatable bonds is 7. The second kappa shape index (κ2) is 9.70. The van der Waals surface area contributed by atoms with Gasteiger partial charge in [0.1, 0.15) is 5.58 Å². The average Bonchev–Trinajstić information content (AvgIpc) is 3.16. The van der Waals surface area contributed by atoms with Crippen LogP contribution in [0.2, 0.25) is 5.02 Å². The van der Waals surface area contributed by atoms with Crippen LogP contribution in [0.1, 0.15) is 53.6 Å². The molecule has 0 saturated heterocycles. The molecule has 0 spiro atoms. The molecule has 0 radical (unpaired) electrons. The first-order valence-corrected chi connectivity index (χ1v) is 12.4. The lowest BCUT2D eigenvalue weighted by molar-refractivity contribution is 0.0971. The van der Waals surface area contributed by atoms with Crippen LogP contribution in [0, 0.1) is 6.92 Å². The molecule has 184 valence electrons. The van der Waals surface area contributed by atoms with Gasteiger partial charge in [-0.2, -0.15) is 0 Å². The molecule has 1 amide bonds. The molecule has 1 atom stereocenters. The zero-order valence-corrected chi connectivity index (χ0v) is 21.1. The van der Waals surface area contributed by atoms with Gasteiger partial charge in [0.15, 0.2) is 16.9 Å². The van der Waals surface area contributed by atoms with Gasteiger partial charge >= 0.3 is 0 Å². The van der Waals surface area contributed by atoms with Crippen LogP contribution in [-0.2, 0) is 0 Å². The van der Waals surface area contributed by atoms with Crippen molar-refractivity contribution in [3.05, 3.63) is 98.4 Å². The molecular weight excluding hydrogens is 478 g/mol. The smallest absolute Gasteiger partial charge is 0.295 e. The minimum absolute atomic E-state index is 0.0330. The summed E-state index contributed by atoms with van der Waals surface area (Å²) in [5.74, 6) is 0.797. The molecule has 5 rings (SSSR count). The number of hydrogen-bond acceptors (Lipinski definition) is 5. The second-order valence-electron chi connectivity index (χ2n) is 8.72. The fourth-order valence-electron chi connectivity index (χ4n) is 4.59. The third-order valence-electron chi connectivity index (χ3n) is 6.16. The summed E-state index contributed by atoms with van der Waals surface area (Å²) in [5.41, 5.74) is 2.63. The first-order valence-electron chi connectivity index (χ1n) is 12.0. The maximum atomic E-state index is 13.8. The van der Waals surface area contributed by atoms with E-state index < -0.39 is 11.9 Å². The monoisotopic (exact) mass is 503 g/mol. The normalized spacial score (nSPS) is 14.8. The van der Waals surface area contributed by atoms with Gasteiger partial charge in [0.25, 0.3) is 5.91 Å². The number of ether oxygens (including phenoxy) is 2. The number of nitrogens with zero attached hydrogens (tertiary/aromatic N) is 1. The van der Waals surface area contributed by atoms with Crippen molar-refractivity contribution in [3.8, 4) is 11.5 Å². The van der Waals surface area contributed by atoms with E-state index in [0.29, 0.717) is 57.5 Å². The minimum atomic E-state index is -0.730. The topological polar surface area (TPSA) is 69.0 Å². The van der Waals surface area contributed by atoms with E-state index in [4.69, 9.17) is 25.5 Å². The van der Waals surface area contributed by atoms with Gasteiger partial charge in [-0.15, -0.1) is 0 Å². The van der Waals surface area contributed by atoms with E-state index in [1.54, 1.807) is 41.3 Å².